The molecule has 2 N–H and O–H groups in total. The van der Waals surface area contributed by atoms with Gasteiger partial charge in [0.2, 0.25) is 5.91 Å². The van der Waals surface area contributed by atoms with Crippen molar-refractivity contribution in [2.75, 3.05) is 47.8 Å². The normalized spacial score (nSPS) is 22.3. The summed E-state index contributed by atoms with van der Waals surface area (Å²) in [7, 11) is 0. The Labute approximate surface area is 210 Å². The van der Waals surface area contributed by atoms with Gasteiger partial charge in [0, 0.05) is 57.1 Å². The van der Waals surface area contributed by atoms with E-state index in [0.29, 0.717) is 16.6 Å². The van der Waals surface area contributed by atoms with Gasteiger partial charge in [-0.25, -0.2) is 4.98 Å². The van der Waals surface area contributed by atoms with Crippen LogP contribution in [0, 0.1) is 0 Å². The molecule has 0 spiro atoms. The van der Waals surface area contributed by atoms with Crippen molar-refractivity contribution < 1.29 is 9.59 Å². The minimum Gasteiger partial charge on any atom is -0.368 e. The second kappa shape index (κ2) is 9.32. The zero-order chi connectivity index (χ0) is 23.9. The van der Waals surface area contributed by atoms with Gasteiger partial charge in [0.1, 0.15) is 6.04 Å². The highest BCUT2D eigenvalue weighted by Crippen LogP contribution is 2.35. The van der Waals surface area contributed by atoms with Crippen LogP contribution in [0.1, 0.15) is 48.0 Å². The van der Waals surface area contributed by atoms with Crippen LogP contribution in [0.4, 0.5) is 17.2 Å². The summed E-state index contributed by atoms with van der Waals surface area (Å²) < 4.78 is 0. The number of carbonyl (C=O) groups is 2. The summed E-state index contributed by atoms with van der Waals surface area (Å²) in [6.07, 6.45) is 7.19. The number of nitrogens with zero attached hydrogens (tertiary/aromatic N) is 4. The van der Waals surface area contributed by atoms with E-state index in [9.17, 15) is 9.59 Å². The number of hydrogen-bond acceptors (Lipinski definition) is 6. The van der Waals surface area contributed by atoms with E-state index < -0.39 is 0 Å². The van der Waals surface area contributed by atoms with Crippen LogP contribution in [-0.4, -0.2) is 66.5 Å². The van der Waals surface area contributed by atoms with E-state index in [2.05, 4.69) is 31.4 Å². The molecule has 1 atom stereocenters. The number of aromatic nitrogens is 1. The van der Waals surface area contributed by atoms with Crippen molar-refractivity contribution in [2.24, 2.45) is 0 Å². The third-order valence-electron chi connectivity index (χ3n) is 7.50. The Morgan fingerprint density at radius 1 is 1.09 bits per heavy atom. The number of pyridine rings is 1. The molecule has 184 valence electrons. The minimum atomic E-state index is -0.0730. The summed E-state index contributed by atoms with van der Waals surface area (Å²) in [4.78, 5) is 36.5. The van der Waals surface area contributed by atoms with E-state index in [1.54, 1.807) is 6.07 Å². The number of amides is 2. The molecule has 1 aromatic heterocycles. The van der Waals surface area contributed by atoms with Crippen molar-refractivity contribution in [1.29, 1.82) is 0 Å². The first-order valence-electron chi connectivity index (χ1n) is 12.7. The quantitative estimate of drug-likeness (QED) is 0.664. The Bertz CT molecular complexity index is 1140. The number of carbonyl (C=O) groups excluding carboxylic acids is 2. The van der Waals surface area contributed by atoms with Gasteiger partial charge in [-0.3, -0.25) is 14.5 Å². The van der Waals surface area contributed by atoms with Gasteiger partial charge in [0.05, 0.1) is 16.4 Å². The van der Waals surface area contributed by atoms with E-state index in [0.717, 1.165) is 94.1 Å². The predicted molar refractivity (Wildman–Crippen MR) is 137 cm³/mol. The smallest absolute Gasteiger partial charge is 0.251 e. The fraction of sp³-hybridized carbons (Fsp3) is 0.500. The molecule has 3 fully saturated rings. The fourth-order valence-corrected chi connectivity index (χ4v) is 5.69. The van der Waals surface area contributed by atoms with Crippen LogP contribution in [0.25, 0.3) is 0 Å². The van der Waals surface area contributed by atoms with Gasteiger partial charge in [-0.05, 0) is 61.9 Å². The maximum Gasteiger partial charge on any atom is 0.251 e. The molecule has 2 amide bonds. The zero-order valence-electron chi connectivity index (χ0n) is 19.8. The van der Waals surface area contributed by atoms with Crippen LogP contribution in [0.5, 0.6) is 0 Å². The lowest BCUT2D eigenvalue weighted by molar-refractivity contribution is -0.118. The second-order valence-electron chi connectivity index (χ2n) is 10.1. The van der Waals surface area contributed by atoms with E-state index >= 15 is 0 Å². The van der Waals surface area contributed by atoms with E-state index in [1.165, 1.54) is 0 Å². The van der Waals surface area contributed by atoms with Crippen molar-refractivity contribution in [3.8, 4) is 0 Å². The van der Waals surface area contributed by atoms with Gasteiger partial charge in [-0.1, -0.05) is 11.6 Å². The topological polar surface area (TPSA) is 80.8 Å². The molecule has 1 unspecified atom stereocenters. The molecule has 4 aliphatic rings. The lowest BCUT2D eigenvalue weighted by atomic mass is 9.99. The third kappa shape index (κ3) is 4.69. The highest BCUT2D eigenvalue weighted by Gasteiger charge is 2.35. The first kappa shape index (κ1) is 22.6. The maximum atomic E-state index is 12.6. The molecule has 0 bridgehead atoms. The van der Waals surface area contributed by atoms with Crippen LogP contribution >= 0.6 is 11.6 Å². The predicted octanol–water partition coefficient (Wildman–Crippen LogP) is 3.26. The van der Waals surface area contributed by atoms with Crippen molar-refractivity contribution in [3.05, 3.63) is 46.6 Å². The standard InChI is InChI=1S/C26H31ClN6O2/c27-20-14-18(25(34)29-19-5-6-19)4-7-22(20)32-11-9-31(10-12-32)16-17-13-21-24(28-15-17)33-8-2-1-3-23(33)26(35)30-21/h4,7,13-15,19,23H,1-3,5-6,8-12,16H2,(H,29,34)(H,30,35). The molecular formula is C26H31ClN6O2. The molecule has 35 heavy (non-hydrogen) atoms. The van der Waals surface area contributed by atoms with Gasteiger partial charge in [0.25, 0.3) is 5.91 Å². The first-order valence-corrected chi connectivity index (χ1v) is 13.1. The van der Waals surface area contributed by atoms with Crippen LogP contribution in [0.3, 0.4) is 0 Å². The molecule has 2 saturated heterocycles. The van der Waals surface area contributed by atoms with Crippen LogP contribution in [0.15, 0.2) is 30.5 Å². The summed E-state index contributed by atoms with van der Waals surface area (Å²) in [5.74, 6) is 0.959. The molecule has 3 aliphatic heterocycles. The molecule has 8 nitrogen and oxygen atoms in total. The lowest BCUT2D eigenvalue weighted by Gasteiger charge is -2.40. The van der Waals surface area contributed by atoms with Gasteiger partial charge in [0.15, 0.2) is 5.82 Å². The van der Waals surface area contributed by atoms with Crippen LogP contribution < -0.4 is 20.4 Å². The number of benzene rings is 1. The summed E-state index contributed by atoms with van der Waals surface area (Å²) in [6, 6.07) is 7.95. The highest BCUT2D eigenvalue weighted by molar-refractivity contribution is 6.33. The number of hydrogen-bond donors (Lipinski definition) is 2. The molecule has 6 rings (SSSR count). The van der Waals surface area contributed by atoms with Crippen molar-refractivity contribution in [1.82, 2.24) is 15.2 Å². The summed E-state index contributed by atoms with van der Waals surface area (Å²) in [6.45, 7) is 5.21. The van der Waals surface area contributed by atoms with Crippen molar-refractivity contribution in [2.45, 2.75) is 50.7 Å². The van der Waals surface area contributed by atoms with Gasteiger partial charge >= 0.3 is 0 Å². The van der Waals surface area contributed by atoms with Crippen LogP contribution in [-0.2, 0) is 11.3 Å². The van der Waals surface area contributed by atoms with E-state index in [1.807, 2.05) is 18.3 Å². The Kier molecular flexibility index (Phi) is 6.02. The van der Waals surface area contributed by atoms with Gasteiger partial charge < -0.3 is 20.4 Å². The maximum absolute atomic E-state index is 12.6. The fourth-order valence-electron chi connectivity index (χ4n) is 5.39. The molecule has 1 aliphatic carbocycles. The molecular weight excluding hydrogens is 464 g/mol. The number of piperazine rings is 1. The monoisotopic (exact) mass is 494 g/mol. The molecule has 9 heteroatoms. The first-order chi connectivity index (χ1) is 17.0. The number of rotatable bonds is 5. The van der Waals surface area contributed by atoms with E-state index in [-0.39, 0.29) is 17.9 Å². The third-order valence-corrected chi connectivity index (χ3v) is 7.80. The second-order valence-corrected chi connectivity index (χ2v) is 10.5. The highest BCUT2D eigenvalue weighted by atomic mass is 35.5. The molecule has 1 aromatic carbocycles. The van der Waals surface area contributed by atoms with Crippen molar-refractivity contribution >= 4 is 40.6 Å². The average molecular weight is 495 g/mol. The molecule has 4 heterocycles. The summed E-state index contributed by atoms with van der Waals surface area (Å²) >= 11 is 6.57. The minimum absolute atomic E-state index is 0.0450. The Hall–Kier alpha value is -2.84. The largest absolute Gasteiger partial charge is 0.368 e. The van der Waals surface area contributed by atoms with Gasteiger partial charge in [-0.15, -0.1) is 0 Å². The van der Waals surface area contributed by atoms with Crippen LogP contribution in [0.2, 0.25) is 5.02 Å². The Balaban J connectivity index is 1.07. The number of fused-ring (bicyclic) bond motifs is 3. The molecule has 2 aromatic rings. The number of anilines is 3. The average Bonchev–Trinajstić information content (AvgIpc) is 3.69. The zero-order valence-corrected chi connectivity index (χ0v) is 20.6. The molecule has 1 saturated carbocycles. The SMILES string of the molecule is O=C(NC1CC1)c1ccc(N2CCN(Cc3cnc4c(c3)NC(=O)C3CCCCN43)CC2)c(Cl)c1. The summed E-state index contributed by atoms with van der Waals surface area (Å²) in [5.41, 5.74) is 3.54. The molecule has 0 radical (unpaired) electrons. The number of piperidine rings is 1. The number of halogens is 1. The van der Waals surface area contributed by atoms with Crippen molar-refractivity contribution in [3.63, 3.8) is 0 Å². The Morgan fingerprint density at radius 3 is 2.69 bits per heavy atom. The summed E-state index contributed by atoms with van der Waals surface area (Å²) in [5, 5.41) is 6.71. The lowest BCUT2D eigenvalue weighted by Crippen LogP contribution is -2.51. The Morgan fingerprint density at radius 2 is 1.91 bits per heavy atom. The number of nitrogens with one attached hydrogen (secondary N) is 2. The van der Waals surface area contributed by atoms with Gasteiger partial charge in [-0.2, -0.15) is 0 Å². The van der Waals surface area contributed by atoms with E-state index in [4.69, 9.17) is 16.6 Å².